The first-order chi connectivity index (χ1) is 5.81. The van der Waals surface area contributed by atoms with E-state index in [2.05, 4.69) is 10.9 Å². The van der Waals surface area contributed by atoms with Gasteiger partial charge in [0.1, 0.15) is 5.82 Å². The molecule has 1 aromatic heterocycles. The van der Waals surface area contributed by atoms with Crippen molar-refractivity contribution in [3.8, 4) is 12.3 Å². The van der Waals surface area contributed by atoms with Crippen molar-refractivity contribution in [3.05, 3.63) is 35.8 Å². The Morgan fingerprint density at radius 2 is 2.25 bits per heavy atom. The molecule has 0 amide bonds. The molecule has 1 heterocycles. The molecule has 0 aliphatic heterocycles. The van der Waals surface area contributed by atoms with E-state index < -0.39 is 0 Å². The fourth-order valence-corrected chi connectivity index (χ4v) is 1.21. The first-order valence-corrected chi connectivity index (χ1v) is 3.54. The highest BCUT2D eigenvalue weighted by atomic mass is 19.1. The van der Waals surface area contributed by atoms with Crippen LogP contribution >= 0.6 is 0 Å². The molecule has 2 heteroatoms. The summed E-state index contributed by atoms with van der Waals surface area (Å²) in [6, 6.07) is 4.51. The Kier molecular flexibility index (Phi) is 1.38. The number of fused-ring (bicyclic) bond motifs is 1. The maximum Gasteiger partial charge on any atom is 0.124 e. The number of hydrogen-bond donors (Lipinski definition) is 1. The van der Waals surface area contributed by atoms with Gasteiger partial charge in [-0.05, 0) is 18.2 Å². The van der Waals surface area contributed by atoms with Crippen molar-refractivity contribution in [1.82, 2.24) is 4.98 Å². The minimum atomic E-state index is -0.265. The molecule has 12 heavy (non-hydrogen) atoms. The molecule has 0 atom stereocenters. The molecule has 1 aromatic carbocycles. The molecule has 0 unspecified atom stereocenters. The summed E-state index contributed by atoms with van der Waals surface area (Å²) in [5.41, 5.74) is 1.56. The van der Waals surface area contributed by atoms with Gasteiger partial charge in [0.05, 0.1) is 0 Å². The van der Waals surface area contributed by atoms with E-state index in [1.807, 2.05) is 0 Å². The SMILES string of the molecule is C#Cc1c[nH]c2ccc(F)cc12. The summed E-state index contributed by atoms with van der Waals surface area (Å²) in [5.74, 6) is 2.21. The summed E-state index contributed by atoms with van der Waals surface area (Å²) < 4.78 is 12.7. The first kappa shape index (κ1) is 6.93. The molecule has 0 saturated heterocycles. The van der Waals surface area contributed by atoms with Gasteiger partial charge >= 0.3 is 0 Å². The average molecular weight is 159 g/mol. The normalized spacial score (nSPS) is 10.0. The maximum atomic E-state index is 12.7. The molecular formula is C10H6FN. The number of benzene rings is 1. The highest BCUT2D eigenvalue weighted by molar-refractivity contribution is 5.85. The minimum Gasteiger partial charge on any atom is -0.360 e. The van der Waals surface area contributed by atoms with Crippen LogP contribution < -0.4 is 0 Å². The number of terminal acetylenes is 1. The van der Waals surface area contributed by atoms with Crippen molar-refractivity contribution < 1.29 is 4.39 Å². The van der Waals surface area contributed by atoms with Gasteiger partial charge in [0.15, 0.2) is 0 Å². The first-order valence-electron chi connectivity index (χ1n) is 3.54. The molecule has 0 aliphatic carbocycles. The predicted octanol–water partition coefficient (Wildman–Crippen LogP) is 2.29. The van der Waals surface area contributed by atoms with Gasteiger partial charge in [-0.3, -0.25) is 0 Å². The molecule has 0 fully saturated rings. The molecule has 58 valence electrons. The zero-order chi connectivity index (χ0) is 8.55. The Bertz CT molecular complexity index is 462. The number of hydrogen-bond acceptors (Lipinski definition) is 0. The van der Waals surface area contributed by atoms with E-state index in [0.29, 0.717) is 5.56 Å². The van der Waals surface area contributed by atoms with Crippen LogP contribution in [0.2, 0.25) is 0 Å². The van der Waals surface area contributed by atoms with Gasteiger partial charge in [-0.2, -0.15) is 0 Å². The van der Waals surface area contributed by atoms with Crippen LogP contribution in [0.4, 0.5) is 4.39 Å². The molecule has 2 rings (SSSR count). The van der Waals surface area contributed by atoms with Crippen LogP contribution in [0, 0.1) is 18.2 Å². The fourth-order valence-electron chi connectivity index (χ4n) is 1.21. The zero-order valence-electron chi connectivity index (χ0n) is 6.26. The predicted molar refractivity (Wildman–Crippen MR) is 46.2 cm³/mol. The van der Waals surface area contributed by atoms with Crippen LogP contribution in [0.3, 0.4) is 0 Å². The van der Waals surface area contributed by atoms with E-state index in [-0.39, 0.29) is 5.82 Å². The second-order valence-electron chi connectivity index (χ2n) is 2.54. The number of nitrogens with one attached hydrogen (secondary N) is 1. The lowest BCUT2D eigenvalue weighted by molar-refractivity contribution is 0.629. The van der Waals surface area contributed by atoms with Crippen LogP contribution in [-0.2, 0) is 0 Å². The smallest absolute Gasteiger partial charge is 0.124 e. The third-order valence-corrected chi connectivity index (χ3v) is 1.80. The van der Waals surface area contributed by atoms with Crippen LogP contribution in [0.25, 0.3) is 10.9 Å². The summed E-state index contributed by atoms with van der Waals surface area (Å²) in [4.78, 5) is 2.96. The molecule has 1 nitrogen and oxygen atoms in total. The lowest BCUT2D eigenvalue weighted by Gasteiger charge is -1.89. The molecule has 0 spiro atoms. The topological polar surface area (TPSA) is 15.8 Å². The summed E-state index contributed by atoms with van der Waals surface area (Å²) in [6.07, 6.45) is 6.92. The van der Waals surface area contributed by atoms with Crippen LogP contribution in [0.1, 0.15) is 5.56 Å². The van der Waals surface area contributed by atoms with Crippen LogP contribution in [0.15, 0.2) is 24.4 Å². The minimum absolute atomic E-state index is 0.265. The van der Waals surface area contributed by atoms with Crippen molar-refractivity contribution in [2.24, 2.45) is 0 Å². The van der Waals surface area contributed by atoms with Crippen molar-refractivity contribution in [2.75, 3.05) is 0 Å². The second kappa shape index (κ2) is 2.38. The van der Waals surface area contributed by atoms with Crippen LogP contribution in [-0.4, -0.2) is 4.98 Å². The van der Waals surface area contributed by atoms with Crippen molar-refractivity contribution in [1.29, 1.82) is 0 Å². The Morgan fingerprint density at radius 3 is 3.00 bits per heavy atom. The Labute approximate surface area is 69.2 Å². The largest absolute Gasteiger partial charge is 0.360 e. The number of halogens is 1. The Hall–Kier alpha value is -1.75. The summed E-state index contributed by atoms with van der Waals surface area (Å²) in [5, 5.41) is 0.762. The molecular weight excluding hydrogens is 153 g/mol. The molecule has 0 aliphatic rings. The summed E-state index contributed by atoms with van der Waals surface area (Å²) in [7, 11) is 0. The lowest BCUT2D eigenvalue weighted by Crippen LogP contribution is -1.73. The summed E-state index contributed by atoms with van der Waals surface area (Å²) >= 11 is 0. The lowest BCUT2D eigenvalue weighted by atomic mass is 10.2. The van der Waals surface area contributed by atoms with Gasteiger partial charge in [-0.15, -0.1) is 6.42 Å². The maximum absolute atomic E-state index is 12.7. The quantitative estimate of drug-likeness (QED) is 0.567. The second-order valence-corrected chi connectivity index (χ2v) is 2.54. The van der Waals surface area contributed by atoms with Crippen LogP contribution in [0.5, 0.6) is 0 Å². The number of aromatic amines is 1. The number of H-pyrrole nitrogens is 1. The van der Waals surface area contributed by atoms with Gasteiger partial charge in [0.2, 0.25) is 0 Å². The van der Waals surface area contributed by atoms with E-state index in [4.69, 9.17) is 6.42 Å². The zero-order valence-corrected chi connectivity index (χ0v) is 6.26. The fraction of sp³-hybridized carbons (Fsp3) is 0. The third-order valence-electron chi connectivity index (χ3n) is 1.80. The van der Waals surface area contributed by atoms with E-state index in [9.17, 15) is 4.39 Å². The van der Waals surface area contributed by atoms with Crippen molar-refractivity contribution in [2.45, 2.75) is 0 Å². The highest BCUT2D eigenvalue weighted by Crippen LogP contribution is 2.17. The van der Waals surface area contributed by atoms with Gasteiger partial charge in [0.25, 0.3) is 0 Å². The highest BCUT2D eigenvalue weighted by Gasteiger charge is 2.01. The van der Waals surface area contributed by atoms with Gasteiger partial charge in [-0.1, -0.05) is 5.92 Å². The number of rotatable bonds is 0. The van der Waals surface area contributed by atoms with Crippen molar-refractivity contribution >= 4 is 10.9 Å². The Balaban J connectivity index is 2.86. The van der Waals surface area contributed by atoms with Gasteiger partial charge < -0.3 is 4.98 Å². The molecule has 1 N–H and O–H groups in total. The van der Waals surface area contributed by atoms with Gasteiger partial charge in [-0.25, -0.2) is 4.39 Å². The van der Waals surface area contributed by atoms with E-state index in [1.54, 1.807) is 12.3 Å². The van der Waals surface area contributed by atoms with Gasteiger partial charge in [0, 0.05) is 22.7 Å². The Morgan fingerprint density at radius 1 is 1.42 bits per heavy atom. The monoisotopic (exact) mass is 159 g/mol. The summed E-state index contributed by atoms with van der Waals surface area (Å²) in [6.45, 7) is 0. The van der Waals surface area contributed by atoms with E-state index in [0.717, 1.165) is 10.9 Å². The third kappa shape index (κ3) is 0.876. The van der Waals surface area contributed by atoms with E-state index in [1.165, 1.54) is 12.1 Å². The van der Waals surface area contributed by atoms with E-state index >= 15 is 0 Å². The standard InChI is InChI=1S/C10H6FN/c1-2-7-6-12-10-4-3-8(11)5-9(7)10/h1,3-6,12H. The average Bonchev–Trinajstić information content (AvgIpc) is 2.46. The molecule has 0 bridgehead atoms. The molecule has 0 radical (unpaired) electrons. The molecule has 2 aromatic rings. The van der Waals surface area contributed by atoms with Crippen molar-refractivity contribution in [3.63, 3.8) is 0 Å². The molecule has 0 saturated carbocycles. The number of aromatic nitrogens is 1.